The van der Waals surface area contributed by atoms with Gasteiger partial charge in [-0.05, 0) is 56.2 Å². The standard InChI is InChI=1S/C25H23ClN4O3S2/c1-17-10-12-19(13-11-17)35(32,33)30-15-5-8-21(30)24(31)29(16-18-6-2-3-14-27-18)25-28-23-20(26)7-4-9-22(23)34-25/h2-4,6-7,9-14,21H,5,8,15-16H2,1H3. The van der Waals surface area contributed by atoms with Crippen LogP contribution in [0.5, 0.6) is 0 Å². The van der Waals surface area contributed by atoms with Gasteiger partial charge in [-0.1, -0.05) is 52.8 Å². The zero-order chi connectivity index (χ0) is 24.6. The number of nitrogens with zero attached hydrogens (tertiary/aromatic N) is 4. The van der Waals surface area contributed by atoms with Crippen LogP contribution in [-0.2, 0) is 21.4 Å². The fourth-order valence-electron chi connectivity index (χ4n) is 4.21. The van der Waals surface area contributed by atoms with Crippen molar-refractivity contribution in [2.45, 2.75) is 37.2 Å². The zero-order valence-electron chi connectivity index (χ0n) is 19.0. The third-order valence-electron chi connectivity index (χ3n) is 6.02. The highest BCUT2D eigenvalue weighted by Crippen LogP contribution is 2.35. The molecule has 10 heteroatoms. The van der Waals surface area contributed by atoms with Crippen LogP contribution < -0.4 is 4.90 Å². The summed E-state index contributed by atoms with van der Waals surface area (Å²) in [7, 11) is -3.84. The number of thiazole rings is 1. The van der Waals surface area contributed by atoms with Crippen LogP contribution in [0, 0.1) is 6.92 Å². The van der Waals surface area contributed by atoms with E-state index in [9.17, 15) is 13.2 Å². The van der Waals surface area contributed by atoms with E-state index in [-0.39, 0.29) is 23.9 Å². The van der Waals surface area contributed by atoms with Crippen LogP contribution in [0.3, 0.4) is 0 Å². The SMILES string of the molecule is Cc1ccc(S(=O)(=O)N2CCCC2C(=O)N(Cc2ccccn2)c2nc3c(Cl)cccc3s2)cc1. The van der Waals surface area contributed by atoms with E-state index in [1.54, 1.807) is 42.6 Å². The number of sulfonamides is 1. The minimum atomic E-state index is -3.84. The van der Waals surface area contributed by atoms with E-state index in [1.807, 2.05) is 31.2 Å². The number of fused-ring (bicyclic) bond motifs is 1. The quantitative estimate of drug-likeness (QED) is 0.351. The molecule has 1 aliphatic rings. The van der Waals surface area contributed by atoms with E-state index >= 15 is 0 Å². The van der Waals surface area contributed by atoms with Gasteiger partial charge in [-0.25, -0.2) is 13.4 Å². The molecular formula is C25H23ClN4O3S2. The molecule has 1 saturated heterocycles. The third-order valence-corrected chi connectivity index (χ3v) is 9.29. The Labute approximate surface area is 213 Å². The highest BCUT2D eigenvalue weighted by molar-refractivity contribution is 7.89. The molecule has 1 fully saturated rings. The maximum absolute atomic E-state index is 14.0. The van der Waals surface area contributed by atoms with Crippen molar-refractivity contribution in [1.29, 1.82) is 0 Å². The van der Waals surface area contributed by atoms with Gasteiger partial charge in [0.15, 0.2) is 5.13 Å². The van der Waals surface area contributed by atoms with Crippen LogP contribution >= 0.6 is 22.9 Å². The first-order valence-corrected chi connectivity index (χ1v) is 13.8. The highest BCUT2D eigenvalue weighted by Gasteiger charge is 2.42. The van der Waals surface area contributed by atoms with Crippen molar-refractivity contribution in [3.8, 4) is 0 Å². The van der Waals surface area contributed by atoms with E-state index in [0.717, 1.165) is 10.3 Å². The topological polar surface area (TPSA) is 83.5 Å². The maximum atomic E-state index is 14.0. The summed E-state index contributed by atoms with van der Waals surface area (Å²) in [5, 5.41) is 0.961. The Hall–Kier alpha value is -2.85. The zero-order valence-corrected chi connectivity index (χ0v) is 21.4. The summed E-state index contributed by atoms with van der Waals surface area (Å²) in [6, 6.07) is 16.9. The Morgan fingerprint density at radius 1 is 1.14 bits per heavy atom. The van der Waals surface area contributed by atoms with Gasteiger partial charge in [-0.3, -0.25) is 14.7 Å². The molecule has 5 rings (SSSR count). The van der Waals surface area contributed by atoms with Crippen molar-refractivity contribution < 1.29 is 13.2 Å². The predicted octanol–water partition coefficient (Wildman–Crippen LogP) is 5.04. The van der Waals surface area contributed by atoms with E-state index in [2.05, 4.69) is 9.97 Å². The minimum absolute atomic E-state index is 0.173. The molecule has 0 N–H and O–H groups in total. The smallest absolute Gasteiger partial charge is 0.247 e. The van der Waals surface area contributed by atoms with Gasteiger partial charge in [-0.15, -0.1) is 0 Å². The van der Waals surface area contributed by atoms with E-state index in [1.165, 1.54) is 20.5 Å². The third kappa shape index (κ3) is 4.69. The monoisotopic (exact) mass is 526 g/mol. The lowest BCUT2D eigenvalue weighted by Gasteiger charge is -2.28. The maximum Gasteiger partial charge on any atom is 0.247 e. The summed E-state index contributed by atoms with van der Waals surface area (Å²) in [6.07, 6.45) is 2.70. The van der Waals surface area contributed by atoms with Crippen LogP contribution in [0.1, 0.15) is 24.1 Å². The summed E-state index contributed by atoms with van der Waals surface area (Å²) in [4.78, 5) is 24.7. The van der Waals surface area contributed by atoms with Crippen LogP contribution in [0.15, 0.2) is 71.8 Å². The molecular weight excluding hydrogens is 504 g/mol. The van der Waals surface area contributed by atoms with Gasteiger partial charge >= 0.3 is 0 Å². The molecule has 4 aromatic rings. The summed E-state index contributed by atoms with van der Waals surface area (Å²) in [5.74, 6) is -0.320. The second-order valence-electron chi connectivity index (χ2n) is 8.42. The number of benzene rings is 2. The first-order valence-electron chi connectivity index (χ1n) is 11.2. The van der Waals surface area contributed by atoms with Crippen molar-refractivity contribution in [1.82, 2.24) is 14.3 Å². The molecule has 35 heavy (non-hydrogen) atoms. The molecule has 0 bridgehead atoms. The van der Waals surface area contributed by atoms with E-state index in [0.29, 0.717) is 34.2 Å². The molecule has 1 unspecified atom stereocenters. The second-order valence-corrected chi connectivity index (χ2v) is 11.7. The number of hydrogen-bond donors (Lipinski definition) is 0. The van der Waals surface area contributed by atoms with E-state index < -0.39 is 16.1 Å². The number of carbonyl (C=O) groups excluding carboxylic acids is 1. The number of pyridine rings is 1. The molecule has 180 valence electrons. The van der Waals surface area contributed by atoms with Crippen LogP contribution in [0.2, 0.25) is 5.02 Å². The van der Waals surface area contributed by atoms with Gasteiger partial charge in [0, 0.05) is 12.7 Å². The summed E-state index contributed by atoms with van der Waals surface area (Å²) >= 11 is 7.69. The Balaban J connectivity index is 1.53. The molecule has 1 amide bonds. The lowest BCUT2D eigenvalue weighted by Crippen LogP contribution is -2.47. The first kappa shape index (κ1) is 23.9. The van der Waals surface area contributed by atoms with Gasteiger partial charge in [0.05, 0.1) is 26.9 Å². The van der Waals surface area contributed by atoms with Gasteiger partial charge in [-0.2, -0.15) is 4.31 Å². The lowest BCUT2D eigenvalue weighted by atomic mass is 10.2. The van der Waals surface area contributed by atoms with Crippen molar-refractivity contribution in [2.75, 3.05) is 11.4 Å². The molecule has 0 radical (unpaired) electrons. The molecule has 0 saturated carbocycles. The largest absolute Gasteiger partial charge is 0.281 e. The number of anilines is 1. The second kappa shape index (κ2) is 9.66. The average molecular weight is 527 g/mol. The molecule has 2 aromatic heterocycles. The fraction of sp³-hybridized carbons (Fsp3) is 0.240. The van der Waals surface area contributed by atoms with Crippen molar-refractivity contribution in [2.24, 2.45) is 0 Å². The Kier molecular flexibility index (Phi) is 6.59. The Morgan fingerprint density at radius 3 is 2.66 bits per heavy atom. The van der Waals surface area contributed by atoms with Gasteiger partial charge < -0.3 is 0 Å². The van der Waals surface area contributed by atoms with Gasteiger partial charge in [0.1, 0.15) is 11.6 Å². The lowest BCUT2D eigenvalue weighted by molar-refractivity contribution is -0.121. The van der Waals surface area contributed by atoms with Crippen molar-refractivity contribution >= 4 is 54.2 Å². The Morgan fingerprint density at radius 2 is 1.94 bits per heavy atom. The molecule has 1 atom stereocenters. The number of para-hydroxylation sites is 1. The molecule has 1 aliphatic heterocycles. The number of halogens is 1. The molecule has 0 spiro atoms. The van der Waals surface area contributed by atoms with Gasteiger partial charge in [0.25, 0.3) is 0 Å². The van der Waals surface area contributed by atoms with Crippen molar-refractivity contribution in [3.05, 3.63) is 83.1 Å². The van der Waals surface area contributed by atoms with Gasteiger partial charge in [0.2, 0.25) is 15.9 Å². The molecule has 0 aliphatic carbocycles. The van der Waals surface area contributed by atoms with Crippen LogP contribution in [0.4, 0.5) is 5.13 Å². The molecule has 3 heterocycles. The normalized spacial score (nSPS) is 16.6. The number of aryl methyl sites for hydroxylation is 1. The number of carbonyl (C=O) groups is 1. The molecule has 7 nitrogen and oxygen atoms in total. The fourth-order valence-corrected chi connectivity index (χ4v) is 7.13. The number of aromatic nitrogens is 2. The number of amides is 1. The van der Waals surface area contributed by atoms with E-state index in [4.69, 9.17) is 11.6 Å². The molecule has 2 aromatic carbocycles. The predicted molar refractivity (Wildman–Crippen MR) is 138 cm³/mol. The summed E-state index contributed by atoms with van der Waals surface area (Å²) < 4.78 is 29.1. The summed E-state index contributed by atoms with van der Waals surface area (Å²) in [6.45, 7) is 2.36. The average Bonchev–Trinajstić information content (AvgIpc) is 3.52. The summed E-state index contributed by atoms with van der Waals surface area (Å²) in [5.41, 5.74) is 2.26. The van der Waals surface area contributed by atoms with Crippen molar-refractivity contribution in [3.63, 3.8) is 0 Å². The Bertz CT molecular complexity index is 1470. The number of rotatable bonds is 6. The number of hydrogen-bond acceptors (Lipinski definition) is 6. The highest BCUT2D eigenvalue weighted by atomic mass is 35.5. The minimum Gasteiger partial charge on any atom is -0.281 e. The van der Waals surface area contributed by atoms with Crippen LogP contribution in [0.25, 0.3) is 10.2 Å². The first-order chi connectivity index (χ1) is 16.8. The van der Waals surface area contributed by atoms with Crippen LogP contribution in [-0.4, -0.2) is 41.2 Å².